The molecule has 4 nitrogen and oxygen atoms in total. The van der Waals surface area contributed by atoms with Crippen LogP contribution in [-0.4, -0.2) is 42.3 Å². The van der Waals surface area contributed by atoms with Crippen molar-refractivity contribution in [3.63, 3.8) is 0 Å². The van der Waals surface area contributed by atoms with Crippen LogP contribution in [0.5, 0.6) is 0 Å². The van der Waals surface area contributed by atoms with Gasteiger partial charge in [-0.15, -0.1) is 0 Å². The van der Waals surface area contributed by atoms with Gasteiger partial charge in [0, 0.05) is 0 Å². The van der Waals surface area contributed by atoms with Crippen molar-refractivity contribution in [3.05, 3.63) is 0 Å². The van der Waals surface area contributed by atoms with Gasteiger partial charge in [0.25, 0.3) is 0 Å². The van der Waals surface area contributed by atoms with E-state index < -0.39 is 0 Å². The molecule has 0 aromatic carbocycles. The fourth-order valence-corrected chi connectivity index (χ4v) is 2.95. The van der Waals surface area contributed by atoms with Gasteiger partial charge in [0.1, 0.15) is 0 Å². The van der Waals surface area contributed by atoms with Crippen LogP contribution in [0.4, 0.5) is 0 Å². The molecule has 0 spiro atoms. The van der Waals surface area contributed by atoms with Gasteiger partial charge in [0.2, 0.25) is 5.91 Å². The monoisotopic (exact) mass is 282 g/mol. The Hall–Kier alpha value is -0.900. The SMILES string of the molecule is CCC1CCCN(CC(=O)NC(C(C)=O)C(C)C)CC1. The number of carbonyl (C=O) groups is 2. The van der Waals surface area contributed by atoms with Crippen LogP contribution in [0.25, 0.3) is 0 Å². The Balaban J connectivity index is 2.43. The minimum atomic E-state index is -0.349. The summed E-state index contributed by atoms with van der Waals surface area (Å²) in [6, 6.07) is -0.349. The molecule has 1 heterocycles. The van der Waals surface area contributed by atoms with Crippen molar-refractivity contribution in [3.8, 4) is 0 Å². The number of likely N-dealkylation sites (tertiary alicyclic amines) is 1. The molecule has 1 amide bonds. The Morgan fingerprint density at radius 2 is 1.95 bits per heavy atom. The minimum Gasteiger partial charge on any atom is -0.345 e. The van der Waals surface area contributed by atoms with Gasteiger partial charge in [0.05, 0.1) is 12.6 Å². The normalized spacial score (nSPS) is 22.4. The van der Waals surface area contributed by atoms with Crippen molar-refractivity contribution in [2.24, 2.45) is 11.8 Å². The number of hydrogen-bond donors (Lipinski definition) is 1. The smallest absolute Gasteiger partial charge is 0.234 e. The second-order valence-electron chi connectivity index (χ2n) is 6.38. The van der Waals surface area contributed by atoms with Crippen LogP contribution in [0.15, 0.2) is 0 Å². The van der Waals surface area contributed by atoms with E-state index in [1.807, 2.05) is 13.8 Å². The Morgan fingerprint density at radius 3 is 2.50 bits per heavy atom. The third kappa shape index (κ3) is 5.61. The number of Topliss-reactive ketones (excluding diaryl/α,β-unsaturated/α-hetero) is 1. The van der Waals surface area contributed by atoms with Gasteiger partial charge in [-0.05, 0) is 51.1 Å². The average molecular weight is 282 g/mol. The lowest BCUT2D eigenvalue weighted by molar-refractivity contribution is -0.128. The maximum absolute atomic E-state index is 12.1. The summed E-state index contributed by atoms with van der Waals surface area (Å²) in [7, 11) is 0. The van der Waals surface area contributed by atoms with Crippen molar-refractivity contribution >= 4 is 11.7 Å². The molecule has 4 heteroatoms. The molecule has 0 aliphatic carbocycles. The summed E-state index contributed by atoms with van der Waals surface area (Å²) in [4.78, 5) is 25.8. The number of ketones is 1. The minimum absolute atomic E-state index is 0.0196. The lowest BCUT2D eigenvalue weighted by Crippen LogP contribution is -2.47. The number of carbonyl (C=O) groups excluding carboxylic acids is 2. The highest BCUT2D eigenvalue weighted by molar-refractivity contribution is 5.88. The van der Waals surface area contributed by atoms with Crippen LogP contribution < -0.4 is 5.32 Å². The first-order chi connectivity index (χ1) is 9.43. The standard InChI is InChI=1S/C16H30N2O2/c1-5-14-7-6-9-18(10-8-14)11-15(20)17-16(12(2)3)13(4)19/h12,14,16H,5-11H2,1-4H3,(H,17,20). The van der Waals surface area contributed by atoms with Crippen LogP contribution in [0.2, 0.25) is 0 Å². The van der Waals surface area contributed by atoms with E-state index in [2.05, 4.69) is 17.1 Å². The molecule has 116 valence electrons. The highest BCUT2D eigenvalue weighted by Gasteiger charge is 2.22. The Bertz CT molecular complexity index is 328. The summed E-state index contributed by atoms with van der Waals surface area (Å²) in [5.74, 6) is 0.970. The Morgan fingerprint density at radius 1 is 1.25 bits per heavy atom. The predicted octanol–water partition coefficient (Wildman–Crippen LogP) is 2.23. The molecule has 1 saturated heterocycles. The van der Waals surface area contributed by atoms with Gasteiger partial charge in [-0.25, -0.2) is 0 Å². The van der Waals surface area contributed by atoms with Crippen molar-refractivity contribution in [2.45, 2.75) is 59.4 Å². The van der Waals surface area contributed by atoms with Crippen LogP contribution in [-0.2, 0) is 9.59 Å². The van der Waals surface area contributed by atoms with E-state index in [-0.39, 0.29) is 23.7 Å². The molecule has 2 atom stereocenters. The molecule has 0 saturated carbocycles. The summed E-state index contributed by atoms with van der Waals surface area (Å²) in [5, 5.41) is 2.88. The lowest BCUT2D eigenvalue weighted by Gasteiger charge is -2.23. The van der Waals surface area contributed by atoms with E-state index >= 15 is 0 Å². The highest BCUT2D eigenvalue weighted by atomic mass is 16.2. The van der Waals surface area contributed by atoms with E-state index in [4.69, 9.17) is 0 Å². The number of nitrogens with one attached hydrogen (secondary N) is 1. The van der Waals surface area contributed by atoms with Gasteiger partial charge in [0.15, 0.2) is 5.78 Å². The van der Waals surface area contributed by atoms with Crippen LogP contribution in [0.1, 0.15) is 53.4 Å². The molecule has 1 fully saturated rings. The van der Waals surface area contributed by atoms with Crippen molar-refractivity contribution in [1.82, 2.24) is 10.2 Å². The molecule has 1 N–H and O–H groups in total. The van der Waals surface area contributed by atoms with Gasteiger partial charge in [-0.2, -0.15) is 0 Å². The molecule has 20 heavy (non-hydrogen) atoms. The maximum Gasteiger partial charge on any atom is 0.234 e. The number of nitrogens with zero attached hydrogens (tertiary/aromatic N) is 1. The lowest BCUT2D eigenvalue weighted by atomic mass is 9.98. The molecule has 0 aromatic rings. The van der Waals surface area contributed by atoms with Crippen LogP contribution >= 0.6 is 0 Å². The summed E-state index contributed by atoms with van der Waals surface area (Å²) >= 11 is 0. The fraction of sp³-hybridized carbons (Fsp3) is 0.875. The number of amides is 1. The zero-order valence-electron chi connectivity index (χ0n) is 13.4. The molecule has 1 aliphatic heterocycles. The van der Waals surface area contributed by atoms with Gasteiger partial charge in [-0.1, -0.05) is 27.2 Å². The fourth-order valence-electron chi connectivity index (χ4n) is 2.95. The Kier molecular flexibility index (Phi) is 7.20. The molecule has 0 bridgehead atoms. The largest absolute Gasteiger partial charge is 0.345 e. The van der Waals surface area contributed by atoms with Crippen molar-refractivity contribution in [1.29, 1.82) is 0 Å². The van der Waals surface area contributed by atoms with Gasteiger partial charge < -0.3 is 5.32 Å². The molecular formula is C16H30N2O2. The van der Waals surface area contributed by atoms with Crippen LogP contribution in [0.3, 0.4) is 0 Å². The average Bonchev–Trinajstić information content (AvgIpc) is 2.60. The third-order valence-electron chi connectivity index (χ3n) is 4.31. The van der Waals surface area contributed by atoms with E-state index in [0.29, 0.717) is 6.54 Å². The molecule has 1 rings (SSSR count). The quantitative estimate of drug-likeness (QED) is 0.812. The number of rotatable bonds is 6. The summed E-state index contributed by atoms with van der Waals surface area (Å²) in [6.07, 6.45) is 4.87. The maximum atomic E-state index is 12.1. The molecule has 1 aliphatic rings. The summed E-state index contributed by atoms with van der Waals surface area (Å²) in [6.45, 7) is 10.1. The summed E-state index contributed by atoms with van der Waals surface area (Å²) in [5.41, 5.74) is 0. The highest BCUT2D eigenvalue weighted by Crippen LogP contribution is 2.19. The van der Waals surface area contributed by atoms with E-state index in [1.54, 1.807) is 6.92 Å². The van der Waals surface area contributed by atoms with Crippen molar-refractivity contribution in [2.75, 3.05) is 19.6 Å². The first-order valence-electron chi connectivity index (χ1n) is 7.96. The first kappa shape index (κ1) is 17.2. The predicted molar refractivity (Wildman–Crippen MR) is 81.5 cm³/mol. The van der Waals surface area contributed by atoms with E-state index in [1.165, 1.54) is 25.7 Å². The second-order valence-corrected chi connectivity index (χ2v) is 6.38. The zero-order valence-corrected chi connectivity index (χ0v) is 13.4. The second kappa shape index (κ2) is 8.40. The Labute approximate surface area is 123 Å². The zero-order chi connectivity index (χ0) is 15.1. The van der Waals surface area contributed by atoms with Gasteiger partial charge >= 0.3 is 0 Å². The summed E-state index contributed by atoms with van der Waals surface area (Å²) < 4.78 is 0. The van der Waals surface area contributed by atoms with Crippen LogP contribution in [0, 0.1) is 11.8 Å². The molecule has 0 aromatic heterocycles. The van der Waals surface area contributed by atoms with E-state index in [0.717, 1.165) is 19.0 Å². The van der Waals surface area contributed by atoms with E-state index in [9.17, 15) is 9.59 Å². The van der Waals surface area contributed by atoms with Crippen molar-refractivity contribution < 1.29 is 9.59 Å². The third-order valence-corrected chi connectivity index (χ3v) is 4.31. The number of hydrogen-bond acceptors (Lipinski definition) is 3. The first-order valence-corrected chi connectivity index (χ1v) is 7.96. The molecular weight excluding hydrogens is 252 g/mol. The molecule has 0 radical (unpaired) electrons. The molecule has 2 unspecified atom stereocenters. The topological polar surface area (TPSA) is 49.4 Å². The van der Waals surface area contributed by atoms with Gasteiger partial charge in [-0.3, -0.25) is 14.5 Å².